The molecule has 12 heteroatoms. The van der Waals surface area contributed by atoms with Crippen molar-refractivity contribution in [2.45, 2.75) is 50.7 Å². The lowest BCUT2D eigenvalue weighted by Crippen LogP contribution is -2.44. The first-order chi connectivity index (χ1) is 15.7. The van der Waals surface area contributed by atoms with E-state index in [9.17, 15) is 17.7 Å². The van der Waals surface area contributed by atoms with Gasteiger partial charge in [0.25, 0.3) is 0 Å². The Hall–Kier alpha value is -1.32. The van der Waals surface area contributed by atoms with Gasteiger partial charge < -0.3 is 20.3 Å². The minimum Gasteiger partial charge on any atom is -0.493 e. The SMILES string of the molecule is CC[C@](N)(CCc1ccc(OCCCc2ccc(Cl)c(Cl)c2)c(C(F)(F)F)c1)COP(=O)(O)O. The molecule has 0 saturated carbocycles. The number of hydrogen-bond acceptors (Lipinski definition) is 4. The fourth-order valence-corrected chi connectivity index (χ4v) is 3.94. The molecule has 0 fully saturated rings. The second-order valence-corrected chi connectivity index (χ2v) is 10.1. The summed E-state index contributed by atoms with van der Waals surface area (Å²) in [5.41, 5.74) is 5.39. The highest BCUT2D eigenvalue weighted by atomic mass is 35.5. The minimum atomic E-state index is -4.70. The van der Waals surface area contributed by atoms with Gasteiger partial charge in [-0.25, -0.2) is 4.57 Å². The lowest BCUT2D eigenvalue weighted by atomic mass is 9.90. The van der Waals surface area contributed by atoms with Crippen LogP contribution in [0, 0.1) is 0 Å². The molecule has 0 heterocycles. The summed E-state index contributed by atoms with van der Waals surface area (Å²) < 4.78 is 61.8. The van der Waals surface area contributed by atoms with Gasteiger partial charge in [-0.15, -0.1) is 0 Å². The molecule has 0 aromatic heterocycles. The van der Waals surface area contributed by atoms with E-state index in [1.165, 1.54) is 12.1 Å². The van der Waals surface area contributed by atoms with Crippen LogP contribution in [0.5, 0.6) is 5.75 Å². The highest BCUT2D eigenvalue weighted by Crippen LogP contribution is 2.39. The van der Waals surface area contributed by atoms with Crippen LogP contribution in [0.4, 0.5) is 13.2 Å². The van der Waals surface area contributed by atoms with Crippen molar-refractivity contribution in [1.29, 1.82) is 0 Å². The second kappa shape index (κ2) is 12.1. The lowest BCUT2D eigenvalue weighted by Gasteiger charge is -2.28. The number of aryl methyl sites for hydroxylation is 2. The van der Waals surface area contributed by atoms with E-state index >= 15 is 0 Å². The highest BCUT2D eigenvalue weighted by Gasteiger charge is 2.35. The molecule has 0 bridgehead atoms. The maximum Gasteiger partial charge on any atom is 0.469 e. The molecule has 34 heavy (non-hydrogen) atoms. The summed E-state index contributed by atoms with van der Waals surface area (Å²) in [6.07, 6.45) is -2.94. The zero-order valence-electron chi connectivity index (χ0n) is 18.4. The Morgan fingerprint density at radius 2 is 1.68 bits per heavy atom. The Morgan fingerprint density at radius 3 is 2.26 bits per heavy atom. The van der Waals surface area contributed by atoms with E-state index in [4.69, 9.17) is 43.5 Å². The average molecular weight is 544 g/mol. The number of hydrogen-bond donors (Lipinski definition) is 3. The summed E-state index contributed by atoms with van der Waals surface area (Å²) in [4.78, 5) is 17.8. The molecule has 2 aromatic rings. The molecular weight excluding hydrogens is 517 g/mol. The van der Waals surface area contributed by atoms with Crippen LogP contribution >= 0.6 is 31.0 Å². The molecule has 2 rings (SSSR count). The smallest absolute Gasteiger partial charge is 0.469 e. The van der Waals surface area contributed by atoms with Gasteiger partial charge in [-0.2, -0.15) is 13.2 Å². The fraction of sp³-hybridized carbons (Fsp3) is 0.455. The Bertz CT molecular complexity index is 1020. The van der Waals surface area contributed by atoms with Gasteiger partial charge in [0.1, 0.15) is 5.75 Å². The Balaban J connectivity index is 2.02. The van der Waals surface area contributed by atoms with E-state index in [-0.39, 0.29) is 25.2 Å². The van der Waals surface area contributed by atoms with Crippen molar-refractivity contribution < 1.29 is 36.8 Å². The van der Waals surface area contributed by atoms with E-state index in [1.54, 1.807) is 25.1 Å². The number of phosphoric ester groups is 1. The van der Waals surface area contributed by atoms with Crippen LogP contribution in [0.2, 0.25) is 10.0 Å². The molecule has 0 spiro atoms. The molecule has 4 N–H and O–H groups in total. The monoisotopic (exact) mass is 543 g/mol. The molecule has 0 aliphatic rings. The minimum absolute atomic E-state index is 0.0735. The van der Waals surface area contributed by atoms with Crippen LogP contribution in [-0.2, 0) is 28.1 Å². The first-order valence-corrected chi connectivity index (χ1v) is 12.8. The molecule has 6 nitrogen and oxygen atoms in total. The van der Waals surface area contributed by atoms with Gasteiger partial charge in [-0.05, 0) is 67.5 Å². The lowest BCUT2D eigenvalue weighted by molar-refractivity contribution is -0.139. The van der Waals surface area contributed by atoms with Crippen LogP contribution < -0.4 is 10.5 Å². The highest BCUT2D eigenvalue weighted by molar-refractivity contribution is 7.46. The van der Waals surface area contributed by atoms with Crippen molar-refractivity contribution in [3.63, 3.8) is 0 Å². The zero-order chi connectivity index (χ0) is 25.6. The van der Waals surface area contributed by atoms with Crippen molar-refractivity contribution in [2.75, 3.05) is 13.2 Å². The molecule has 0 aliphatic heterocycles. The molecule has 2 aromatic carbocycles. The zero-order valence-corrected chi connectivity index (χ0v) is 20.9. The van der Waals surface area contributed by atoms with Crippen molar-refractivity contribution >= 4 is 31.0 Å². The number of ether oxygens (including phenoxy) is 1. The van der Waals surface area contributed by atoms with E-state index in [0.717, 1.165) is 11.6 Å². The third-order valence-corrected chi connectivity index (χ3v) is 6.54. The van der Waals surface area contributed by atoms with Gasteiger partial charge in [0, 0.05) is 5.54 Å². The maximum atomic E-state index is 13.6. The topological polar surface area (TPSA) is 102 Å². The first kappa shape index (κ1) is 28.9. The standard InChI is InChI=1S/C22H27Cl2F3NO5P/c1-2-21(28,14-33-34(29,30)31)10-9-16-6-8-20(17(12-16)22(25,26)27)32-11-3-4-15-5-7-18(23)19(24)13-15/h5-8,12-13H,2-4,9-11,14,28H2,1H3,(H2,29,30,31)/t21-/m0/s1. The Labute approximate surface area is 206 Å². The van der Waals surface area contributed by atoms with Gasteiger partial charge >= 0.3 is 14.0 Å². The second-order valence-electron chi connectivity index (χ2n) is 8.01. The Kier molecular flexibility index (Phi) is 10.3. The summed E-state index contributed by atoms with van der Waals surface area (Å²) in [6.45, 7) is 1.36. The van der Waals surface area contributed by atoms with E-state index in [2.05, 4.69) is 4.52 Å². The summed E-state index contributed by atoms with van der Waals surface area (Å²) in [7, 11) is -4.70. The molecule has 0 amide bonds. The molecule has 0 unspecified atom stereocenters. The van der Waals surface area contributed by atoms with Gasteiger partial charge in [0.2, 0.25) is 0 Å². The molecule has 0 saturated heterocycles. The molecule has 0 radical (unpaired) electrons. The van der Waals surface area contributed by atoms with Crippen LogP contribution in [0.3, 0.4) is 0 Å². The van der Waals surface area contributed by atoms with E-state index in [1.807, 2.05) is 0 Å². The number of nitrogens with two attached hydrogens (primary N) is 1. The van der Waals surface area contributed by atoms with Crippen molar-refractivity contribution in [3.8, 4) is 5.75 Å². The van der Waals surface area contributed by atoms with Crippen molar-refractivity contribution in [1.82, 2.24) is 0 Å². The first-order valence-electron chi connectivity index (χ1n) is 10.5. The molecule has 190 valence electrons. The third-order valence-electron chi connectivity index (χ3n) is 5.34. The number of benzene rings is 2. The summed E-state index contributed by atoms with van der Waals surface area (Å²) in [6, 6.07) is 8.96. The third kappa shape index (κ3) is 9.38. The Morgan fingerprint density at radius 1 is 1.03 bits per heavy atom. The van der Waals surface area contributed by atoms with E-state index in [0.29, 0.717) is 34.9 Å². The van der Waals surface area contributed by atoms with Crippen molar-refractivity contribution in [2.24, 2.45) is 5.73 Å². The van der Waals surface area contributed by atoms with Crippen LogP contribution in [-0.4, -0.2) is 28.5 Å². The van der Waals surface area contributed by atoms with Gasteiger partial charge in [0.15, 0.2) is 0 Å². The number of alkyl halides is 3. The largest absolute Gasteiger partial charge is 0.493 e. The van der Waals surface area contributed by atoms with Gasteiger partial charge in [0.05, 0.1) is 28.8 Å². The van der Waals surface area contributed by atoms with Gasteiger partial charge in [-0.3, -0.25) is 4.52 Å². The molecule has 0 aliphatic carbocycles. The maximum absolute atomic E-state index is 13.6. The summed E-state index contributed by atoms with van der Waals surface area (Å²) >= 11 is 11.8. The fourth-order valence-electron chi connectivity index (χ4n) is 3.19. The van der Waals surface area contributed by atoms with Crippen LogP contribution in [0.1, 0.15) is 42.9 Å². The number of halogens is 5. The summed E-state index contributed by atoms with van der Waals surface area (Å²) in [5, 5.41) is 0.838. The quantitative estimate of drug-likeness (QED) is 0.218. The predicted molar refractivity (Wildman–Crippen MR) is 125 cm³/mol. The molecular formula is C22H27Cl2F3NO5P. The number of rotatable bonds is 12. The average Bonchev–Trinajstić information content (AvgIpc) is 2.75. The molecule has 1 atom stereocenters. The predicted octanol–water partition coefficient (Wildman–Crippen LogP) is 6.17. The van der Waals surface area contributed by atoms with E-state index < -0.39 is 31.7 Å². The summed E-state index contributed by atoms with van der Waals surface area (Å²) in [5.74, 6) is -0.273. The normalized spacial score (nSPS) is 14.1. The van der Waals surface area contributed by atoms with Crippen LogP contribution in [0.15, 0.2) is 36.4 Å². The number of phosphoric acid groups is 1. The van der Waals surface area contributed by atoms with Crippen molar-refractivity contribution in [3.05, 3.63) is 63.1 Å². The van der Waals surface area contributed by atoms with Gasteiger partial charge in [-0.1, -0.05) is 42.3 Å². The van der Waals surface area contributed by atoms with Crippen LogP contribution in [0.25, 0.3) is 0 Å².